The van der Waals surface area contributed by atoms with Gasteiger partial charge in [0.2, 0.25) is 0 Å². The van der Waals surface area contributed by atoms with Crippen LogP contribution in [0, 0.1) is 6.92 Å². The van der Waals surface area contributed by atoms with Gasteiger partial charge in [-0.05, 0) is 32.6 Å². The molecule has 0 radical (unpaired) electrons. The second-order valence-electron chi connectivity index (χ2n) is 4.78. The van der Waals surface area contributed by atoms with Crippen LogP contribution in [0.2, 0.25) is 0 Å². The van der Waals surface area contributed by atoms with E-state index in [0.29, 0.717) is 5.56 Å². The minimum Gasteiger partial charge on any atom is -0.393 e. The predicted octanol–water partition coefficient (Wildman–Crippen LogP) is 0.762. The maximum atomic E-state index is 12.0. The number of nitrogens with one attached hydrogen (secondary N) is 1. The summed E-state index contributed by atoms with van der Waals surface area (Å²) in [7, 11) is 1.81. The number of aliphatic hydroxyl groups excluding tert-OH is 1. The van der Waals surface area contributed by atoms with Crippen molar-refractivity contribution >= 4 is 5.91 Å². The van der Waals surface area contributed by atoms with Crippen molar-refractivity contribution in [1.29, 1.82) is 0 Å². The maximum absolute atomic E-state index is 12.0. The van der Waals surface area contributed by atoms with Crippen molar-refractivity contribution in [2.75, 3.05) is 0 Å². The molecule has 1 fully saturated rings. The van der Waals surface area contributed by atoms with E-state index < -0.39 is 0 Å². The molecule has 1 amide bonds. The largest absolute Gasteiger partial charge is 0.393 e. The molecule has 5 nitrogen and oxygen atoms in total. The Morgan fingerprint density at radius 3 is 2.65 bits per heavy atom. The van der Waals surface area contributed by atoms with Gasteiger partial charge in [-0.1, -0.05) is 0 Å². The Labute approximate surface area is 101 Å². The smallest absolute Gasteiger partial charge is 0.254 e. The number of carbonyl (C=O) groups is 1. The van der Waals surface area contributed by atoms with Gasteiger partial charge in [-0.3, -0.25) is 9.48 Å². The lowest BCUT2D eigenvalue weighted by Crippen LogP contribution is -2.38. The average molecular weight is 237 g/mol. The molecule has 1 saturated carbocycles. The predicted molar refractivity (Wildman–Crippen MR) is 63.7 cm³/mol. The van der Waals surface area contributed by atoms with Crippen LogP contribution in [-0.4, -0.2) is 32.9 Å². The van der Waals surface area contributed by atoms with Gasteiger partial charge in [0, 0.05) is 19.3 Å². The van der Waals surface area contributed by atoms with Gasteiger partial charge >= 0.3 is 0 Å². The molecule has 0 bridgehead atoms. The SMILES string of the molecule is Cc1nn(C)cc1C(=O)NC1CCC(O)CC1. The lowest BCUT2D eigenvalue weighted by atomic mass is 9.93. The molecule has 17 heavy (non-hydrogen) atoms. The highest BCUT2D eigenvalue weighted by Gasteiger charge is 2.22. The van der Waals surface area contributed by atoms with Crippen LogP contribution in [0.4, 0.5) is 0 Å². The number of aliphatic hydroxyl groups is 1. The fourth-order valence-electron chi connectivity index (χ4n) is 2.31. The second-order valence-corrected chi connectivity index (χ2v) is 4.78. The molecule has 0 atom stereocenters. The fraction of sp³-hybridized carbons (Fsp3) is 0.667. The molecule has 1 aromatic heterocycles. The highest BCUT2D eigenvalue weighted by atomic mass is 16.3. The van der Waals surface area contributed by atoms with Gasteiger partial charge in [-0.25, -0.2) is 0 Å². The van der Waals surface area contributed by atoms with Crippen molar-refractivity contribution in [2.45, 2.75) is 44.8 Å². The van der Waals surface area contributed by atoms with Crippen molar-refractivity contribution in [3.63, 3.8) is 0 Å². The Morgan fingerprint density at radius 2 is 2.12 bits per heavy atom. The van der Waals surface area contributed by atoms with Crippen molar-refractivity contribution in [2.24, 2.45) is 7.05 Å². The molecule has 1 heterocycles. The molecular formula is C12H19N3O2. The number of rotatable bonds is 2. The van der Waals surface area contributed by atoms with Crippen molar-refractivity contribution in [3.05, 3.63) is 17.5 Å². The van der Waals surface area contributed by atoms with E-state index in [4.69, 9.17) is 0 Å². The van der Waals surface area contributed by atoms with Gasteiger partial charge in [0.25, 0.3) is 5.91 Å². The fourth-order valence-corrected chi connectivity index (χ4v) is 2.31. The molecule has 0 spiro atoms. The van der Waals surface area contributed by atoms with Gasteiger partial charge in [0.1, 0.15) is 0 Å². The minimum absolute atomic E-state index is 0.0583. The van der Waals surface area contributed by atoms with E-state index >= 15 is 0 Å². The normalized spacial score (nSPS) is 24.6. The minimum atomic E-state index is -0.191. The third-order valence-electron chi connectivity index (χ3n) is 3.29. The van der Waals surface area contributed by atoms with E-state index in [1.54, 1.807) is 17.9 Å². The topological polar surface area (TPSA) is 67.2 Å². The third-order valence-corrected chi connectivity index (χ3v) is 3.29. The zero-order valence-electron chi connectivity index (χ0n) is 10.3. The van der Waals surface area contributed by atoms with E-state index in [0.717, 1.165) is 31.4 Å². The summed E-state index contributed by atoms with van der Waals surface area (Å²) >= 11 is 0. The van der Waals surface area contributed by atoms with Crippen LogP contribution in [-0.2, 0) is 7.05 Å². The lowest BCUT2D eigenvalue weighted by Gasteiger charge is -2.26. The summed E-state index contributed by atoms with van der Waals surface area (Å²) in [5.41, 5.74) is 1.39. The number of carbonyl (C=O) groups excluding carboxylic acids is 1. The molecule has 1 aromatic rings. The Hall–Kier alpha value is -1.36. The summed E-state index contributed by atoms with van der Waals surface area (Å²) in [5.74, 6) is -0.0583. The number of aromatic nitrogens is 2. The number of aryl methyl sites for hydroxylation is 2. The number of hydrogen-bond acceptors (Lipinski definition) is 3. The lowest BCUT2D eigenvalue weighted by molar-refractivity contribution is 0.0867. The van der Waals surface area contributed by atoms with Gasteiger partial charge in [0.05, 0.1) is 17.4 Å². The van der Waals surface area contributed by atoms with Crippen LogP contribution in [0.5, 0.6) is 0 Å². The highest BCUT2D eigenvalue weighted by molar-refractivity contribution is 5.95. The summed E-state index contributed by atoms with van der Waals surface area (Å²) in [4.78, 5) is 12.0. The second kappa shape index (κ2) is 4.87. The van der Waals surface area contributed by atoms with Gasteiger partial charge in [0.15, 0.2) is 0 Å². The Balaban J connectivity index is 1.95. The zero-order chi connectivity index (χ0) is 12.4. The maximum Gasteiger partial charge on any atom is 0.254 e. The van der Waals surface area contributed by atoms with Crippen molar-refractivity contribution in [3.8, 4) is 0 Å². The Bertz CT molecular complexity index is 406. The molecule has 5 heteroatoms. The first kappa shape index (κ1) is 12.1. The summed E-state index contributed by atoms with van der Waals surface area (Å²) in [5, 5.41) is 16.6. The van der Waals surface area contributed by atoms with Gasteiger partial charge in [-0.15, -0.1) is 0 Å². The van der Waals surface area contributed by atoms with E-state index in [-0.39, 0.29) is 18.1 Å². The molecule has 0 unspecified atom stereocenters. The Kier molecular flexibility index (Phi) is 3.47. The monoisotopic (exact) mass is 237 g/mol. The molecule has 0 saturated heterocycles. The van der Waals surface area contributed by atoms with Crippen LogP contribution in [0.3, 0.4) is 0 Å². The summed E-state index contributed by atoms with van der Waals surface area (Å²) < 4.78 is 1.65. The van der Waals surface area contributed by atoms with Crippen molar-refractivity contribution in [1.82, 2.24) is 15.1 Å². The number of hydrogen-bond donors (Lipinski definition) is 2. The number of amides is 1. The zero-order valence-corrected chi connectivity index (χ0v) is 10.3. The molecular weight excluding hydrogens is 218 g/mol. The van der Waals surface area contributed by atoms with Crippen LogP contribution in [0.25, 0.3) is 0 Å². The summed E-state index contributed by atoms with van der Waals surface area (Å²) in [6, 6.07) is 0.186. The molecule has 1 aliphatic rings. The van der Waals surface area contributed by atoms with Gasteiger partial charge in [-0.2, -0.15) is 5.10 Å². The van der Waals surface area contributed by atoms with Crippen LogP contribution < -0.4 is 5.32 Å². The van der Waals surface area contributed by atoms with Gasteiger partial charge < -0.3 is 10.4 Å². The van der Waals surface area contributed by atoms with Crippen LogP contribution in [0.1, 0.15) is 41.7 Å². The molecule has 2 N–H and O–H groups in total. The first-order chi connectivity index (χ1) is 8.06. The first-order valence-corrected chi connectivity index (χ1v) is 6.05. The third kappa shape index (κ3) is 2.85. The van der Waals surface area contributed by atoms with E-state index in [1.807, 2.05) is 6.92 Å². The quantitative estimate of drug-likeness (QED) is 0.798. The number of nitrogens with zero attached hydrogens (tertiary/aromatic N) is 2. The molecule has 0 aromatic carbocycles. The highest BCUT2D eigenvalue weighted by Crippen LogP contribution is 2.18. The molecule has 2 rings (SSSR count). The summed E-state index contributed by atoms with van der Waals surface area (Å²) in [6.45, 7) is 1.83. The van der Waals surface area contributed by atoms with E-state index in [9.17, 15) is 9.90 Å². The average Bonchev–Trinajstić information content (AvgIpc) is 2.61. The van der Waals surface area contributed by atoms with E-state index in [1.165, 1.54) is 0 Å². The Morgan fingerprint density at radius 1 is 1.47 bits per heavy atom. The first-order valence-electron chi connectivity index (χ1n) is 6.05. The molecule has 0 aliphatic heterocycles. The standard InChI is InChI=1S/C12H19N3O2/c1-8-11(7-15(2)14-8)12(17)13-9-3-5-10(16)6-4-9/h7,9-10,16H,3-6H2,1-2H3,(H,13,17). The van der Waals surface area contributed by atoms with Crippen LogP contribution in [0.15, 0.2) is 6.20 Å². The summed E-state index contributed by atoms with van der Waals surface area (Å²) in [6.07, 6.45) is 4.80. The molecule has 1 aliphatic carbocycles. The van der Waals surface area contributed by atoms with Crippen LogP contribution >= 0.6 is 0 Å². The van der Waals surface area contributed by atoms with E-state index in [2.05, 4.69) is 10.4 Å². The molecule has 94 valence electrons. The van der Waals surface area contributed by atoms with Crippen molar-refractivity contribution < 1.29 is 9.90 Å².